The van der Waals surface area contributed by atoms with E-state index in [0.717, 1.165) is 5.82 Å². The fraction of sp³-hybridized carbons (Fsp3) is 0.608. The zero-order valence-corrected chi connectivity index (χ0v) is 42.3. The van der Waals surface area contributed by atoms with Gasteiger partial charge in [0, 0.05) is 68.4 Å². The second-order valence-corrected chi connectivity index (χ2v) is 18.0. The molecule has 0 saturated heterocycles. The summed E-state index contributed by atoms with van der Waals surface area (Å²) in [5, 5.41) is 13.1. The van der Waals surface area contributed by atoms with E-state index in [4.69, 9.17) is 0 Å². The zero-order valence-electron chi connectivity index (χ0n) is 42.3. The van der Waals surface area contributed by atoms with Crippen LogP contribution in [-0.4, -0.2) is 43.3 Å². The van der Waals surface area contributed by atoms with Crippen molar-refractivity contribution in [2.24, 2.45) is 28.2 Å². The summed E-state index contributed by atoms with van der Waals surface area (Å²) in [6.45, 7) is 45.1. The Hall–Kier alpha value is -4.40. The number of fused-ring (bicyclic) bond motifs is 1. The fourth-order valence-corrected chi connectivity index (χ4v) is 7.50. The van der Waals surface area contributed by atoms with E-state index in [1.165, 1.54) is 73.3 Å². The third-order valence-electron chi connectivity index (χ3n) is 11.0. The first kappa shape index (κ1) is 55.6. The number of hydrogen-bond acceptors (Lipinski definition) is 4. The first-order valence-electron chi connectivity index (χ1n) is 21.8. The molecule has 6 aromatic rings. The zero-order chi connectivity index (χ0) is 45.9. The van der Waals surface area contributed by atoms with Gasteiger partial charge in [-0.25, -0.2) is 9.50 Å². The summed E-state index contributed by atoms with van der Waals surface area (Å²) >= 11 is 0. The van der Waals surface area contributed by atoms with Crippen molar-refractivity contribution in [3.63, 3.8) is 0 Å². The van der Waals surface area contributed by atoms with Gasteiger partial charge in [0.25, 0.3) is 0 Å². The molecule has 0 spiro atoms. The van der Waals surface area contributed by atoms with Gasteiger partial charge in [0.2, 0.25) is 0 Å². The molecular formula is C51H89N9. The van der Waals surface area contributed by atoms with E-state index in [0.29, 0.717) is 23.7 Å². The second-order valence-electron chi connectivity index (χ2n) is 18.0. The summed E-state index contributed by atoms with van der Waals surface area (Å²) < 4.78 is 10.2. The monoisotopic (exact) mass is 828 g/mol. The maximum atomic E-state index is 4.47. The lowest BCUT2D eigenvalue weighted by atomic mass is 9.88. The van der Waals surface area contributed by atoms with E-state index in [-0.39, 0.29) is 12.8 Å². The van der Waals surface area contributed by atoms with Crippen LogP contribution in [0.2, 0.25) is 0 Å². The Kier molecular flexibility index (Phi) is 22.4. The van der Waals surface area contributed by atoms with Gasteiger partial charge in [-0.15, -0.1) is 0 Å². The molecule has 0 atom stereocenters. The van der Waals surface area contributed by atoms with Crippen molar-refractivity contribution >= 4 is 5.52 Å². The van der Waals surface area contributed by atoms with E-state index in [9.17, 15) is 0 Å². The molecule has 6 heterocycles. The summed E-state index contributed by atoms with van der Waals surface area (Å²) in [4.78, 5) is 4.47. The van der Waals surface area contributed by atoms with E-state index in [2.05, 4.69) is 180 Å². The van der Waals surface area contributed by atoms with Crippen molar-refractivity contribution in [1.29, 1.82) is 0 Å². The summed E-state index contributed by atoms with van der Waals surface area (Å²) in [6, 6.07) is 8.39. The molecule has 338 valence electrons. The summed E-state index contributed by atoms with van der Waals surface area (Å²) in [7, 11) is 8.18. The van der Waals surface area contributed by atoms with Crippen molar-refractivity contribution in [3.05, 3.63) is 110 Å². The predicted molar refractivity (Wildman–Crippen MR) is 261 cm³/mol. The Morgan fingerprint density at radius 2 is 1.15 bits per heavy atom. The third kappa shape index (κ3) is 14.4. The van der Waals surface area contributed by atoms with Crippen LogP contribution >= 0.6 is 0 Å². The number of aryl methyl sites for hydroxylation is 6. The van der Waals surface area contributed by atoms with Gasteiger partial charge in [-0.3, -0.25) is 9.36 Å². The molecule has 0 aliphatic carbocycles. The van der Waals surface area contributed by atoms with Crippen molar-refractivity contribution in [2.45, 2.75) is 182 Å². The highest BCUT2D eigenvalue weighted by Gasteiger charge is 2.18. The number of rotatable bonds is 4. The van der Waals surface area contributed by atoms with Gasteiger partial charge in [0.15, 0.2) is 0 Å². The molecule has 9 heteroatoms. The molecule has 9 nitrogen and oxygen atoms in total. The molecule has 60 heavy (non-hydrogen) atoms. The Bertz CT molecular complexity index is 2050. The van der Waals surface area contributed by atoms with Gasteiger partial charge in [0.1, 0.15) is 5.82 Å². The molecule has 0 fully saturated rings. The highest BCUT2D eigenvalue weighted by atomic mass is 15.3. The molecule has 0 aliphatic heterocycles. The van der Waals surface area contributed by atoms with Crippen molar-refractivity contribution in [1.82, 2.24) is 43.3 Å². The first-order valence-corrected chi connectivity index (χ1v) is 21.8. The quantitative estimate of drug-likeness (QED) is 0.177. The Labute approximate surface area is 368 Å². The number of imidazole rings is 1. The summed E-state index contributed by atoms with van der Waals surface area (Å²) in [6.07, 6.45) is 3.93. The highest BCUT2D eigenvalue weighted by Crippen LogP contribution is 2.26. The minimum atomic E-state index is 0. The molecular weight excluding hydrogens is 739 g/mol. The molecule has 0 amide bonds. The fourth-order valence-electron chi connectivity index (χ4n) is 7.50. The summed E-state index contributed by atoms with van der Waals surface area (Å²) in [5.74, 6) is 3.40. The van der Waals surface area contributed by atoms with Gasteiger partial charge < -0.3 is 9.13 Å². The lowest BCUT2D eigenvalue weighted by molar-refractivity contribution is 0.595. The van der Waals surface area contributed by atoms with E-state index >= 15 is 0 Å². The van der Waals surface area contributed by atoms with Crippen LogP contribution < -0.4 is 0 Å². The Morgan fingerprint density at radius 1 is 0.617 bits per heavy atom. The van der Waals surface area contributed by atoms with Crippen LogP contribution in [-0.2, 0) is 33.6 Å². The second kappa shape index (κ2) is 24.1. The van der Waals surface area contributed by atoms with Crippen molar-refractivity contribution in [2.75, 3.05) is 0 Å². The van der Waals surface area contributed by atoms with Crippen LogP contribution in [0.4, 0.5) is 0 Å². The minimum Gasteiger partial charge on any atom is -0.351 e. The molecule has 0 bridgehead atoms. The van der Waals surface area contributed by atoms with Crippen LogP contribution in [0.3, 0.4) is 0 Å². The van der Waals surface area contributed by atoms with Gasteiger partial charge >= 0.3 is 0 Å². The number of pyridine rings is 1. The molecule has 0 radical (unpaired) electrons. The largest absolute Gasteiger partial charge is 0.351 e. The van der Waals surface area contributed by atoms with E-state index in [1.807, 2.05) is 73.3 Å². The minimum absolute atomic E-state index is 0. The molecule has 0 aromatic carbocycles. The Morgan fingerprint density at radius 3 is 1.43 bits per heavy atom. The van der Waals surface area contributed by atoms with Gasteiger partial charge in [-0.05, 0) is 119 Å². The lowest BCUT2D eigenvalue weighted by Crippen LogP contribution is -2.10. The number of aromatic nitrogens is 9. The smallest absolute Gasteiger partial charge is 0.105 e. The average molecular weight is 828 g/mol. The third-order valence-corrected chi connectivity index (χ3v) is 11.0. The number of nitrogens with zero attached hydrogens (tertiary/aromatic N) is 9. The van der Waals surface area contributed by atoms with Gasteiger partial charge in [-0.2, -0.15) is 15.3 Å². The average Bonchev–Trinajstić information content (AvgIpc) is 3.91. The van der Waals surface area contributed by atoms with Gasteiger partial charge in [-0.1, -0.05) is 104 Å². The highest BCUT2D eigenvalue weighted by molar-refractivity contribution is 5.56. The van der Waals surface area contributed by atoms with Crippen LogP contribution in [0, 0.1) is 55.4 Å². The van der Waals surface area contributed by atoms with E-state index < -0.39 is 0 Å². The lowest BCUT2D eigenvalue weighted by Gasteiger charge is -2.16. The predicted octanol–water partition coefficient (Wildman–Crippen LogP) is 13.5. The first-order chi connectivity index (χ1) is 27.2. The molecule has 0 unspecified atom stereocenters. The summed E-state index contributed by atoms with van der Waals surface area (Å²) in [5.41, 5.74) is 17.1. The van der Waals surface area contributed by atoms with Crippen molar-refractivity contribution in [3.8, 4) is 0 Å². The van der Waals surface area contributed by atoms with Crippen LogP contribution in [0.25, 0.3) is 5.52 Å². The maximum absolute atomic E-state index is 4.47. The van der Waals surface area contributed by atoms with E-state index in [1.54, 1.807) is 0 Å². The SMILES string of the molecule is C.CC.CC(C)(C)c1cnn2ccccc12.Cc1c(C(C)C)nn(C)c1C.Cc1cc(C)n(C)c1C(C)C.Cc1nc(C(C)C)c(C)n1C.Cc1nn(C)c(C)c1C(C)C. The standard InChI is InChI=1S/C11H14N2.C10H17N.3C9H16N2.C2H6.CH4/c1-11(2,3)9-8-12-13-7-5-4-6-10(9)13;1-7(2)10-8(3)6-9(4)11(10)5;1-6(2)9-7(3)11(5)8(4)10-9;1-6(2)9-7(3)10-11(5)8(9)4;1-6(2)9-7(3)8(4)11(5)10-9;1-2;/h4-8H,1-3H3;6-7H,1-5H3;3*6H,1-5H3;1-2H3;1H4. The topological polar surface area (TPSA) is 75.7 Å². The normalized spacial score (nSPS) is 10.9. The molecule has 0 aliphatic rings. The number of hydrogen-bond donors (Lipinski definition) is 0. The van der Waals surface area contributed by atoms with Crippen molar-refractivity contribution < 1.29 is 0 Å². The molecule has 0 N–H and O–H groups in total. The van der Waals surface area contributed by atoms with Crippen LogP contribution in [0.15, 0.2) is 36.7 Å². The van der Waals surface area contributed by atoms with Gasteiger partial charge in [0.05, 0.1) is 28.8 Å². The molecule has 0 saturated carbocycles. The molecule has 6 rings (SSSR count). The maximum Gasteiger partial charge on any atom is 0.105 e. The molecule has 6 aromatic heterocycles. The van der Waals surface area contributed by atoms with Crippen LogP contribution in [0.1, 0.15) is 195 Å². The van der Waals surface area contributed by atoms with Crippen LogP contribution in [0.5, 0.6) is 0 Å². The Balaban J connectivity index is 0.000000716.